The number of guanidine groups is 2. The lowest BCUT2D eigenvalue weighted by molar-refractivity contribution is 1.05. The van der Waals surface area contributed by atoms with Crippen molar-refractivity contribution in [3.8, 4) is 0 Å². The van der Waals surface area contributed by atoms with Crippen LogP contribution < -0.4 is 16.0 Å². The van der Waals surface area contributed by atoms with Gasteiger partial charge in [0.2, 0.25) is 0 Å². The van der Waals surface area contributed by atoms with Gasteiger partial charge in [0.05, 0.1) is 5.69 Å². The molecule has 0 saturated heterocycles. The summed E-state index contributed by atoms with van der Waals surface area (Å²) in [5.41, 5.74) is 0.740. The number of hydrogen-bond acceptors (Lipinski definition) is 2. The average molecular weight is 477 g/mol. The van der Waals surface area contributed by atoms with Crippen LogP contribution in [0.5, 0.6) is 0 Å². The minimum atomic E-state index is 0. The van der Waals surface area contributed by atoms with Gasteiger partial charge in [-0.1, -0.05) is 6.07 Å². The maximum atomic E-state index is 7.61. The molecular formula is C9H12Br2IN5. The summed E-state index contributed by atoms with van der Waals surface area (Å²) >= 11 is 6.75. The van der Waals surface area contributed by atoms with Crippen molar-refractivity contribution in [2.45, 2.75) is 0 Å². The molecule has 0 fully saturated rings. The van der Waals surface area contributed by atoms with Crippen molar-refractivity contribution >= 4 is 73.4 Å². The van der Waals surface area contributed by atoms with E-state index in [1.54, 1.807) is 7.05 Å². The lowest BCUT2D eigenvalue weighted by Crippen LogP contribution is -2.41. The van der Waals surface area contributed by atoms with E-state index in [1.165, 1.54) is 0 Å². The topological polar surface area (TPSA) is 83.8 Å². The Labute approximate surface area is 133 Å². The predicted molar refractivity (Wildman–Crippen MR) is 88.5 cm³/mol. The molecule has 0 saturated carbocycles. The van der Waals surface area contributed by atoms with Gasteiger partial charge in [-0.25, -0.2) is 0 Å². The Bertz CT molecular complexity index is 404. The maximum absolute atomic E-state index is 7.61. The van der Waals surface area contributed by atoms with Crippen LogP contribution in [0.15, 0.2) is 27.1 Å². The lowest BCUT2D eigenvalue weighted by Gasteiger charge is -2.13. The van der Waals surface area contributed by atoms with E-state index in [1.807, 2.05) is 18.2 Å². The fraction of sp³-hybridized carbons (Fsp3) is 0.111. The molecule has 0 aliphatic carbocycles. The van der Waals surface area contributed by atoms with Gasteiger partial charge in [-0.2, -0.15) is 0 Å². The maximum Gasteiger partial charge on any atom is 0.199 e. The van der Waals surface area contributed by atoms with Crippen LogP contribution in [0.25, 0.3) is 0 Å². The Morgan fingerprint density at radius 2 is 1.65 bits per heavy atom. The van der Waals surface area contributed by atoms with Gasteiger partial charge in [-0.3, -0.25) is 16.1 Å². The summed E-state index contributed by atoms with van der Waals surface area (Å²) in [4.78, 5) is 0. The zero-order chi connectivity index (χ0) is 12.1. The smallest absolute Gasteiger partial charge is 0.199 e. The van der Waals surface area contributed by atoms with Gasteiger partial charge >= 0.3 is 0 Å². The SMILES string of the molecule is CNC(=N)NC(=N)Nc1c(Br)cccc1Br.I. The van der Waals surface area contributed by atoms with Gasteiger partial charge < -0.3 is 10.6 Å². The van der Waals surface area contributed by atoms with E-state index in [4.69, 9.17) is 10.8 Å². The van der Waals surface area contributed by atoms with Gasteiger partial charge in [-0.15, -0.1) is 24.0 Å². The zero-order valence-corrected chi connectivity index (χ0v) is 14.4. The molecule has 0 aliphatic rings. The van der Waals surface area contributed by atoms with Crippen LogP contribution in [-0.2, 0) is 0 Å². The summed E-state index contributed by atoms with van der Waals surface area (Å²) in [5, 5.41) is 22.9. The normalized spacial score (nSPS) is 8.88. The molecule has 0 atom stereocenters. The first kappa shape index (κ1) is 16.6. The van der Waals surface area contributed by atoms with Crippen LogP contribution >= 0.6 is 55.8 Å². The molecule has 1 aromatic rings. The molecule has 8 heteroatoms. The van der Waals surface area contributed by atoms with Gasteiger partial charge in [0.15, 0.2) is 11.9 Å². The van der Waals surface area contributed by atoms with Crippen molar-refractivity contribution < 1.29 is 0 Å². The van der Waals surface area contributed by atoms with Crippen molar-refractivity contribution in [2.24, 2.45) is 0 Å². The Kier molecular flexibility index (Phi) is 7.71. The van der Waals surface area contributed by atoms with Crippen LogP contribution in [0.1, 0.15) is 0 Å². The Hall–Kier alpha value is -0.350. The van der Waals surface area contributed by atoms with Crippen LogP contribution in [0, 0.1) is 10.8 Å². The lowest BCUT2D eigenvalue weighted by atomic mass is 10.3. The fourth-order valence-corrected chi connectivity index (χ4v) is 2.16. The highest BCUT2D eigenvalue weighted by atomic mass is 127. The first-order valence-electron chi connectivity index (χ1n) is 4.37. The van der Waals surface area contributed by atoms with Crippen LogP contribution in [0.4, 0.5) is 5.69 Å². The second-order valence-electron chi connectivity index (χ2n) is 2.85. The van der Waals surface area contributed by atoms with Gasteiger partial charge in [0, 0.05) is 16.0 Å². The number of rotatable bonds is 1. The molecule has 0 heterocycles. The van der Waals surface area contributed by atoms with Crippen LogP contribution in [0.2, 0.25) is 0 Å². The molecule has 5 N–H and O–H groups in total. The molecule has 0 spiro atoms. The van der Waals surface area contributed by atoms with E-state index in [2.05, 4.69) is 47.8 Å². The summed E-state index contributed by atoms with van der Waals surface area (Å²) in [5.74, 6) is 0.0765. The van der Waals surface area contributed by atoms with Gasteiger partial charge in [0.25, 0.3) is 0 Å². The standard InChI is InChI=1S/C9H11Br2N5.HI/c1-14-8(12)16-9(13)15-7-5(10)3-2-4-6(7)11;/h2-4H,1H3,(H5,12,13,14,15,16);1H. The third-order valence-corrected chi connectivity index (χ3v) is 3.03. The minimum Gasteiger partial charge on any atom is -0.359 e. The largest absolute Gasteiger partial charge is 0.359 e. The molecule has 0 bridgehead atoms. The van der Waals surface area contributed by atoms with Crippen molar-refractivity contribution in [1.29, 1.82) is 10.8 Å². The summed E-state index contributed by atoms with van der Waals surface area (Å²) in [6, 6.07) is 5.61. The van der Waals surface area contributed by atoms with E-state index in [9.17, 15) is 0 Å². The number of para-hydroxylation sites is 1. The Morgan fingerprint density at radius 1 is 1.12 bits per heavy atom. The Balaban J connectivity index is 0.00000256. The monoisotopic (exact) mass is 475 g/mol. The first-order chi connectivity index (χ1) is 7.54. The van der Waals surface area contributed by atoms with Crippen molar-refractivity contribution in [2.75, 3.05) is 12.4 Å². The molecule has 0 aromatic heterocycles. The van der Waals surface area contributed by atoms with E-state index < -0.39 is 0 Å². The first-order valence-corrected chi connectivity index (χ1v) is 5.96. The summed E-state index contributed by atoms with van der Waals surface area (Å²) in [6.45, 7) is 0. The molecule has 17 heavy (non-hydrogen) atoms. The predicted octanol–water partition coefficient (Wildman–Crippen LogP) is 2.92. The third-order valence-electron chi connectivity index (χ3n) is 1.71. The van der Waals surface area contributed by atoms with Crippen molar-refractivity contribution in [3.63, 3.8) is 0 Å². The molecule has 0 unspecified atom stereocenters. The zero-order valence-electron chi connectivity index (χ0n) is 8.90. The quantitative estimate of drug-likeness (QED) is 0.245. The second-order valence-corrected chi connectivity index (χ2v) is 4.56. The van der Waals surface area contributed by atoms with Crippen LogP contribution in [-0.4, -0.2) is 19.0 Å². The molecule has 0 aliphatic heterocycles. The molecular weight excluding hydrogens is 465 g/mol. The fourth-order valence-electron chi connectivity index (χ4n) is 0.961. The highest BCUT2D eigenvalue weighted by Crippen LogP contribution is 2.30. The number of halogens is 3. The highest BCUT2D eigenvalue weighted by molar-refractivity contribution is 14.0. The molecule has 5 nitrogen and oxygen atoms in total. The summed E-state index contributed by atoms with van der Waals surface area (Å²) < 4.78 is 1.67. The Morgan fingerprint density at radius 3 is 2.12 bits per heavy atom. The summed E-state index contributed by atoms with van der Waals surface area (Å²) in [6.07, 6.45) is 0. The number of anilines is 1. The van der Waals surface area contributed by atoms with Crippen LogP contribution in [0.3, 0.4) is 0 Å². The molecule has 0 radical (unpaired) electrons. The van der Waals surface area contributed by atoms with Gasteiger partial charge in [0.1, 0.15) is 0 Å². The van der Waals surface area contributed by atoms with E-state index in [-0.39, 0.29) is 35.9 Å². The van der Waals surface area contributed by atoms with E-state index >= 15 is 0 Å². The molecule has 94 valence electrons. The van der Waals surface area contributed by atoms with Gasteiger partial charge in [-0.05, 0) is 44.0 Å². The highest BCUT2D eigenvalue weighted by Gasteiger charge is 2.06. The summed E-state index contributed by atoms with van der Waals surface area (Å²) in [7, 11) is 1.61. The molecule has 1 rings (SSSR count). The second kappa shape index (κ2) is 7.88. The van der Waals surface area contributed by atoms with E-state index in [0.717, 1.165) is 14.6 Å². The van der Waals surface area contributed by atoms with Crippen molar-refractivity contribution in [3.05, 3.63) is 27.1 Å². The molecule has 1 aromatic carbocycles. The average Bonchev–Trinajstić information content (AvgIpc) is 2.23. The van der Waals surface area contributed by atoms with E-state index in [0.29, 0.717) is 0 Å². The number of nitrogens with one attached hydrogen (secondary N) is 5. The number of benzene rings is 1. The third kappa shape index (κ3) is 5.21. The van der Waals surface area contributed by atoms with Crippen molar-refractivity contribution in [1.82, 2.24) is 10.6 Å². The minimum absolute atomic E-state index is 0. The number of hydrogen-bond donors (Lipinski definition) is 5. The molecule has 0 amide bonds.